The van der Waals surface area contributed by atoms with Crippen molar-refractivity contribution in [3.05, 3.63) is 29.3 Å². The zero-order valence-corrected chi connectivity index (χ0v) is 14.0. The van der Waals surface area contributed by atoms with Gasteiger partial charge < -0.3 is 15.4 Å². The molecule has 0 heterocycles. The Morgan fingerprint density at radius 3 is 2.67 bits per heavy atom. The van der Waals surface area contributed by atoms with Gasteiger partial charge in [0.05, 0.1) is 12.6 Å². The van der Waals surface area contributed by atoms with Crippen LogP contribution in [0, 0.1) is 5.41 Å². The Bertz CT molecular complexity index is 472. The van der Waals surface area contributed by atoms with Crippen LogP contribution >= 0.6 is 11.6 Å². The van der Waals surface area contributed by atoms with Gasteiger partial charge in [-0.1, -0.05) is 38.4 Å². The van der Waals surface area contributed by atoms with Gasteiger partial charge >= 0.3 is 0 Å². The van der Waals surface area contributed by atoms with Gasteiger partial charge in [0, 0.05) is 18.6 Å². The molecule has 5 heteroatoms. The van der Waals surface area contributed by atoms with Gasteiger partial charge in [-0.3, -0.25) is 4.79 Å². The molecule has 0 unspecified atom stereocenters. The SMILES string of the molecule is CN(CCCOc1cccc(Cl)c1)C(=O)[C@@H](N)C(C)(C)C. The first kappa shape index (κ1) is 17.8. The highest BCUT2D eigenvalue weighted by Gasteiger charge is 2.29. The minimum absolute atomic E-state index is 0.0368. The van der Waals surface area contributed by atoms with Gasteiger partial charge in [0.15, 0.2) is 0 Å². The second-order valence-corrected chi connectivity index (χ2v) is 6.70. The summed E-state index contributed by atoms with van der Waals surface area (Å²) in [5.41, 5.74) is 5.74. The molecule has 118 valence electrons. The second-order valence-electron chi connectivity index (χ2n) is 6.26. The van der Waals surface area contributed by atoms with Crippen molar-refractivity contribution >= 4 is 17.5 Å². The highest BCUT2D eigenvalue weighted by atomic mass is 35.5. The van der Waals surface area contributed by atoms with E-state index in [1.54, 1.807) is 24.1 Å². The fourth-order valence-electron chi connectivity index (χ4n) is 1.77. The summed E-state index contributed by atoms with van der Waals surface area (Å²) >= 11 is 5.88. The molecule has 0 radical (unpaired) electrons. The molecule has 0 aromatic heterocycles. The van der Waals surface area contributed by atoms with Gasteiger partial charge in [-0.15, -0.1) is 0 Å². The Labute approximate surface area is 132 Å². The number of hydrogen-bond acceptors (Lipinski definition) is 3. The van der Waals surface area contributed by atoms with Crippen molar-refractivity contribution in [2.24, 2.45) is 11.1 Å². The number of ether oxygens (including phenoxy) is 1. The first-order chi connectivity index (χ1) is 9.71. The molecule has 0 saturated heterocycles. The van der Waals surface area contributed by atoms with E-state index in [4.69, 9.17) is 22.1 Å². The molecule has 21 heavy (non-hydrogen) atoms. The van der Waals surface area contributed by atoms with Crippen LogP contribution in [0.1, 0.15) is 27.2 Å². The van der Waals surface area contributed by atoms with E-state index in [0.717, 1.165) is 12.2 Å². The van der Waals surface area contributed by atoms with E-state index in [2.05, 4.69) is 0 Å². The summed E-state index contributed by atoms with van der Waals surface area (Å²) in [5.74, 6) is 0.702. The van der Waals surface area contributed by atoms with Crippen molar-refractivity contribution in [2.45, 2.75) is 33.2 Å². The number of nitrogens with two attached hydrogens (primary N) is 1. The van der Waals surface area contributed by atoms with Crippen molar-refractivity contribution in [3.63, 3.8) is 0 Å². The summed E-state index contributed by atoms with van der Waals surface area (Å²) in [4.78, 5) is 13.8. The standard InChI is InChI=1S/C16H25ClN2O2/c1-16(2,3)14(18)15(20)19(4)9-6-10-21-13-8-5-7-12(17)11-13/h5,7-8,11,14H,6,9-10,18H2,1-4H3/t14-/m1/s1. The number of carbonyl (C=O) groups excluding carboxylic acids is 1. The van der Waals surface area contributed by atoms with E-state index < -0.39 is 6.04 Å². The van der Waals surface area contributed by atoms with Crippen LogP contribution in [0.2, 0.25) is 5.02 Å². The zero-order valence-electron chi connectivity index (χ0n) is 13.2. The summed E-state index contributed by atoms with van der Waals surface area (Å²) in [6, 6.07) is 6.78. The van der Waals surface area contributed by atoms with Crippen LogP contribution in [0.4, 0.5) is 0 Å². The molecule has 1 amide bonds. The molecule has 2 N–H and O–H groups in total. The largest absolute Gasteiger partial charge is 0.493 e. The quantitative estimate of drug-likeness (QED) is 0.822. The van der Waals surface area contributed by atoms with Crippen molar-refractivity contribution < 1.29 is 9.53 Å². The Balaban J connectivity index is 2.34. The predicted octanol–water partition coefficient (Wildman–Crippen LogP) is 2.94. The van der Waals surface area contributed by atoms with Gasteiger partial charge in [0.2, 0.25) is 5.91 Å². The van der Waals surface area contributed by atoms with Crippen LogP contribution in [0.25, 0.3) is 0 Å². The van der Waals surface area contributed by atoms with Crippen LogP contribution in [0.15, 0.2) is 24.3 Å². The number of benzene rings is 1. The van der Waals surface area contributed by atoms with E-state index in [1.165, 1.54) is 0 Å². The molecule has 1 aromatic carbocycles. The minimum Gasteiger partial charge on any atom is -0.493 e. The Morgan fingerprint density at radius 2 is 2.10 bits per heavy atom. The lowest BCUT2D eigenvalue weighted by Crippen LogP contribution is -2.49. The predicted molar refractivity (Wildman–Crippen MR) is 86.6 cm³/mol. The van der Waals surface area contributed by atoms with Crippen molar-refractivity contribution in [1.29, 1.82) is 0 Å². The highest BCUT2D eigenvalue weighted by molar-refractivity contribution is 6.30. The maximum absolute atomic E-state index is 12.1. The third-order valence-electron chi connectivity index (χ3n) is 3.28. The topological polar surface area (TPSA) is 55.6 Å². The number of rotatable bonds is 6. The van der Waals surface area contributed by atoms with Crippen LogP contribution in [-0.4, -0.2) is 37.0 Å². The summed E-state index contributed by atoms with van der Waals surface area (Å²) in [7, 11) is 1.77. The van der Waals surface area contributed by atoms with E-state index >= 15 is 0 Å². The molecule has 0 saturated carbocycles. The van der Waals surface area contributed by atoms with Crippen molar-refractivity contribution in [3.8, 4) is 5.75 Å². The summed E-state index contributed by atoms with van der Waals surface area (Å²) in [5, 5.41) is 0.649. The molecule has 0 spiro atoms. The average molecular weight is 313 g/mol. The molecule has 1 aromatic rings. The van der Waals surface area contributed by atoms with E-state index in [1.807, 2.05) is 32.9 Å². The highest BCUT2D eigenvalue weighted by Crippen LogP contribution is 2.19. The fraction of sp³-hybridized carbons (Fsp3) is 0.562. The van der Waals surface area contributed by atoms with Crippen LogP contribution in [0.5, 0.6) is 5.75 Å². The number of carbonyl (C=O) groups is 1. The Hall–Kier alpha value is -1.26. The molecule has 0 aliphatic carbocycles. The van der Waals surface area contributed by atoms with E-state index in [0.29, 0.717) is 18.2 Å². The molecular weight excluding hydrogens is 288 g/mol. The smallest absolute Gasteiger partial charge is 0.239 e. The third-order valence-corrected chi connectivity index (χ3v) is 3.51. The van der Waals surface area contributed by atoms with Crippen LogP contribution in [-0.2, 0) is 4.79 Å². The first-order valence-corrected chi connectivity index (χ1v) is 7.48. The number of nitrogens with zero attached hydrogens (tertiary/aromatic N) is 1. The van der Waals surface area contributed by atoms with E-state index in [-0.39, 0.29) is 11.3 Å². The van der Waals surface area contributed by atoms with Crippen LogP contribution < -0.4 is 10.5 Å². The minimum atomic E-state index is -0.489. The monoisotopic (exact) mass is 312 g/mol. The van der Waals surface area contributed by atoms with Gasteiger partial charge in [-0.2, -0.15) is 0 Å². The Kier molecular flexibility index (Phi) is 6.49. The van der Waals surface area contributed by atoms with Gasteiger partial charge in [0.25, 0.3) is 0 Å². The molecule has 1 rings (SSSR count). The summed E-state index contributed by atoms with van der Waals surface area (Å²) in [6.07, 6.45) is 0.742. The molecule has 1 atom stereocenters. The van der Waals surface area contributed by atoms with E-state index in [9.17, 15) is 4.79 Å². The lowest BCUT2D eigenvalue weighted by Gasteiger charge is -2.30. The molecule has 0 aliphatic heterocycles. The number of halogens is 1. The van der Waals surface area contributed by atoms with Gasteiger partial charge in [-0.25, -0.2) is 0 Å². The average Bonchev–Trinajstić information content (AvgIpc) is 2.40. The zero-order chi connectivity index (χ0) is 16.0. The molecule has 0 aliphatic rings. The van der Waals surface area contributed by atoms with Crippen molar-refractivity contribution in [1.82, 2.24) is 4.90 Å². The van der Waals surface area contributed by atoms with Crippen LogP contribution in [0.3, 0.4) is 0 Å². The Morgan fingerprint density at radius 1 is 1.43 bits per heavy atom. The number of amides is 1. The second kappa shape index (κ2) is 7.66. The molecule has 4 nitrogen and oxygen atoms in total. The molecule has 0 fully saturated rings. The summed E-state index contributed by atoms with van der Waals surface area (Å²) < 4.78 is 5.59. The normalized spacial score (nSPS) is 12.9. The maximum Gasteiger partial charge on any atom is 0.239 e. The number of hydrogen-bond donors (Lipinski definition) is 1. The first-order valence-electron chi connectivity index (χ1n) is 7.11. The molecular formula is C16H25ClN2O2. The number of likely N-dealkylation sites (N-methyl/N-ethyl adjacent to an activating group) is 1. The van der Waals surface area contributed by atoms with Gasteiger partial charge in [0.1, 0.15) is 5.75 Å². The third kappa shape index (κ3) is 5.94. The molecule has 0 bridgehead atoms. The lowest BCUT2D eigenvalue weighted by molar-refractivity contribution is -0.133. The maximum atomic E-state index is 12.1. The fourth-order valence-corrected chi connectivity index (χ4v) is 1.95. The summed E-state index contributed by atoms with van der Waals surface area (Å²) in [6.45, 7) is 7.04. The van der Waals surface area contributed by atoms with Crippen molar-refractivity contribution in [2.75, 3.05) is 20.2 Å². The van der Waals surface area contributed by atoms with Gasteiger partial charge in [-0.05, 0) is 30.0 Å². The lowest BCUT2D eigenvalue weighted by atomic mass is 9.86.